The number of esters is 1. The van der Waals surface area contributed by atoms with Gasteiger partial charge in [0.2, 0.25) is 5.91 Å². The number of methoxy groups -OCH3 is 1. The van der Waals surface area contributed by atoms with E-state index in [9.17, 15) is 9.59 Å². The summed E-state index contributed by atoms with van der Waals surface area (Å²) in [6.07, 6.45) is 1.64. The molecule has 0 saturated carbocycles. The highest BCUT2D eigenvalue weighted by atomic mass is 79.9. The number of nitrogens with zero attached hydrogens (tertiary/aromatic N) is 2. The molecule has 0 aliphatic heterocycles. The molecule has 0 bridgehead atoms. The molecule has 0 saturated heterocycles. The lowest BCUT2D eigenvalue weighted by atomic mass is 10.1. The van der Waals surface area contributed by atoms with E-state index in [0.29, 0.717) is 5.69 Å². The second-order valence-electron chi connectivity index (χ2n) is 6.36. The quantitative estimate of drug-likeness (QED) is 0.522. The maximum Gasteiger partial charge on any atom is 0.360 e. The summed E-state index contributed by atoms with van der Waals surface area (Å²) in [7, 11) is 1.28. The maximum atomic E-state index is 12.4. The number of halogens is 1. The Labute approximate surface area is 177 Å². The molecule has 29 heavy (non-hydrogen) atoms. The van der Waals surface area contributed by atoms with Gasteiger partial charge in [-0.3, -0.25) is 9.48 Å². The van der Waals surface area contributed by atoms with Crippen molar-refractivity contribution in [2.75, 3.05) is 24.3 Å². The van der Waals surface area contributed by atoms with Crippen LogP contribution in [0.3, 0.4) is 0 Å². The molecular formula is C21H21BrN4O3. The van der Waals surface area contributed by atoms with Gasteiger partial charge < -0.3 is 15.4 Å². The number of aromatic nitrogens is 2. The zero-order valence-electron chi connectivity index (χ0n) is 16.1. The summed E-state index contributed by atoms with van der Waals surface area (Å²) < 4.78 is 7.40. The summed E-state index contributed by atoms with van der Waals surface area (Å²) in [4.78, 5) is 24.5. The van der Waals surface area contributed by atoms with Crippen molar-refractivity contribution in [2.24, 2.45) is 0 Å². The van der Waals surface area contributed by atoms with Gasteiger partial charge in [-0.1, -0.05) is 46.3 Å². The van der Waals surface area contributed by atoms with Crippen LogP contribution in [0.25, 0.3) is 0 Å². The monoisotopic (exact) mass is 456 g/mol. The van der Waals surface area contributed by atoms with Crippen LogP contribution in [0.1, 0.15) is 29.0 Å². The van der Waals surface area contributed by atoms with Crippen LogP contribution in [0.15, 0.2) is 65.3 Å². The normalized spacial score (nSPS) is 11.6. The zero-order valence-corrected chi connectivity index (χ0v) is 17.6. The Balaban J connectivity index is 1.74. The van der Waals surface area contributed by atoms with E-state index in [1.807, 2.05) is 61.5 Å². The van der Waals surface area contributed by atoms with Crippen molar-refractivity contribution in [3.63, 3.8) is 0 Å². The Morgan fingerprint density at radius 1 is 1.14 bits per heavy atom. The highest BCUT2D eigenvalue weighted by Gasteiger charge is 2.21. The van der Waals surface area contributed by atoms with Crippen LogP contribution >= 0.6 is 15.9 Å². The largest absolute Gasteiger partial charge is 0.464 e. The lowest BCUT2D eigenvalue weighted by Crippen LogP contribution is -2.22. The number of amides is 1. The average molecular weight is 457 g/mol. The van der Waals surface area contributed by atoms with Gasteiger partial charge in [-0.15, -0.1) is 0 Å². The minimum Gasteiger partial charge on any atom is -0.464 e. The molecule has 0 spiro atoms. The predicted molar refractivity (Wildman–Crippen MR) is 115 cm³/mol. The summed E-state index contributed by atoms with van der Waals surface area (Å²) in [5, 5.41) is 10.1. The summed E-state index contributed by atoms with van der Waals surface area (Å²) in [6, 6.07) is 17.1. The Morgan fingerprint density at radius 3 is 2.48 bits per heavy atom. The second kappa shape index (κ2) is 9.38. The van der Waals surface area contributed by atoms with Gasteiger partial charge in [0.1, 0.15) is 0 Å². The lowest BCUT2D eigenvalue weighted by molar-refractivity contribution is -0.114. The van der Waals surface area contributed by atoms with Gasteiger partial charge in [0.05, 0.1) is 31.6 Å². The molecule has 150 valence electrons. The molecule has 8 heteroatoms. The number of nitrogens with one attached hydrogen (secondary N) is 2. The molecule has 1 unspecified atom stereocenters. The molecule has 1 aromatic heterocycles. The van der Waals surface area contributed by atoms with Gasteiger partial charge in [-0.2, -0.15) is 5.10 Å². The van der Waals surface area contributed by atoms with Gasteiger partial charge in [-0.25, -0.2) is 4.79 Å². The minimum absolute atomic E-state index is 0.0433. The summed E-state index contributed by atoms with van der Waals surface area (Å²) in [5.41, 5.74) is 2.21. The minimum atomic E-state index is -0.611. The molecule has 0 aliphatic carbocycles. The Kier molecular flexibility index (Phi) is 6.66. The molecule has 2 N–H and O–H groups in total. The van der Waals surface area contributed by atoms with Crippen LogP contribution in [-0.2, 0) is 9.53 Å². The van der Waals surface area contributed by atoms with Crippen molar-refractivity contribution < 1.29 is 14.3 Å². The van der Waals surface area contributed by atoms with E-state index in [-0.39, 0.29) is 24.2 Å². The molecule has 2 aromatic carbocycles. The smallest absolute Gasteiger partial charge is 0.360 e. The molecule has 0 fully saturated rings. The molecule has 1 heterocycles. The fraction of sp³-hybridized carbons (Fsp3) is 0.190. The summed E-state index contributed by atoms with van der Waals surface area (Å²) in [5.74, 6) is -0.912. The fourth-order valence-corrected chi connectivity index (χ4v) is 3.02. The van der Waals surface area contributed by atoms with Crippen molar-refractivity contribution in [3.05, 3.63) is 76.5 Å². The topological polar surface area (TPSA) is 85.2 Å². The van der Waals surface area contributed by atoms with E-state index in [2.05, 4.69) is 31.7 Å². The number of anilines is 2. The van der Waals surface area contributed by atoms with Crippen molar-refractivity contribution in [1.82, 2.24) is 9.78 Å². The predicted octanol–water partition coefficient (Wildman–Crippen LogP) is 4.09. The zero-order chi connectivity index (χ0) is 20.8. The third kappa shape index (κ3) is 5.23. The molecule has 0 radical (unpaired) electrons. The number of hydrogen-bond acceptors (Lipinski definition) is 5. The highest BCUT2D eigenvalue weighted by molar-refractivity contribution is 9.10. The van der Waals surface area contributed by atoms with Crippen LogP contribution < -0.4 is 10.6 Å². The van der Waals surface area contributed by atoms with Crippen LogP contribution in [0.5, 0.6) is 0 Å². The van der Waals surface area contributed by atoms with Crippen molar-refractivity contribution in [3.8, 4) is 0 Å². The molecular weight excluding hydrogens is 436 g/mol. The van der Waals surface area contributed by atoms with Gasteiger partial charge in [0, 0.05) is 10.2 Å². The maximum absolute atomic E-state index is 12.4. The number of carbonyl (C=O) groups is 2. The first-order valence-corrected chi connectivity index (χ1v) is 9.79. The lowest BCUT2D eigenvalue weighted by Gasteiger charge is -2.12. The van der Waals surface area contributed by atoms with Crippen LogP contribution in [-0.4, -0.2) is 35.3 Å². The Morgan fingerprint density at radius 2 is 1.83 bits per heavy atom. The first kappa shape index (κ1) is 20.6. The first-order valence-electron chi connectivity index (χ1n) is 8.99. The molecule has 1 atom stereocenters. The fourth-order valence-electron chi connectivity index (χ4n) is 2.76. The van der Waals surface area contributed by atoms with Crippen LogP contribution in [0.4, 0.5) is 11.4 Å². The molecule has 7 nitrogen and oxygen atoms in total. The van der Waals surface area contributed by atoms with Crippen LogP contribution in [0, 0.1) is 0 Å². The third-order valence-electron chi connectivity index (χ3n) is 4.36. The SMILES string of the molecule is COC(=O)c1nn(C(C)c2ccccc2)cc1NC(=O)CNc1ccc(Br)cc1. The Bertz CT molecular complexity index is 987. The van der Waals surface area contributed by atoms with Gasteiger partial charge in [0.15, 0.2) is 5.69 Å². The number of benzene rings is 2. The average Bonchev–Trinajstić information content (AvgIpc) is 3.16. The van der Waals surface area contributed by atoms with Gasteiger partial charge in [-0.05, 0) is 36.8 Å². The Hall–Kier alpha value is -3.13. The second-order valence-corrected chi connectivity index (χ2v) is 7.27. The van der Waals surface area contributed by atoms with Crippen molar-refractivity contribution >= 4 is 39.2 Å². The summed E-state index contributed by atoms with van der Waals surface area (Å²) in [6.45, 7) is 2.01. The van der Waals surface area contributed by atoms with Gasteiger partial charge in [0.25, 0.3) is 0 Å². The van der Waals surface area contributed by atoms with Crippen molar-refractivity contribution in [1.29, 1.82) is 0 Å². The number of ether oxygens (including phenoxy) is 1. The van der Waals surface area contributed by atoms with E-state index in [4.69, 9.17) is 4.74 Å². The number of hydrogen-bond donors (Lipinski definition) is 2. The first-order chi connectivity index (χ1) is 14.0. The van der Waals surface area contributed by atoms with E-state index < -0.39 is 5.97 Å². The van der Waals surface area contributed by atoms with E-state index in [1.165, 1.54) is 7.11 Å². The summed E-state index contributed by atoms with van der Waals surface area (Å²) >= 11 is 3.37. The number of rotatable bonds is 7. The number of carbonyl (C=O) groups excluding carboxylic acids is 2. The van der Waals surface area contributed by atoms with E-state index >= 15 is 0 Å². The van der Waals surface area contributed by atoms with E-state index in [1.54, 1.807) is 10.9 Å². The van der Waals surface area contributed by atoms with Crippen molar-refractivity contribution in [2.45, 2.75) is 13.0 Å². The molecule has 1 amide bonds. The highest BCUT2D eigenvalue weighted by Crippen LogP contribution is 2.22. The standard InChI is InChI=1S/C21H21BrN4O3/c1-14(15-6-4-3-5-7-15)26-13-18(20(25-26)21(28)29-2)24-19(27)12-23-17-10-8-16(22)9-11-17/h3-11,13-14,23H,12H2,1-2H3,(H,24,27). The molecule has 3 aromatic rings. The van der Waals surface area contributed by atoms with E-state index in [0.717, 1.165) is 15.7 Å². The third-order valence-corrected chi connectivity index (χ3v) is 4.89. The van der Waals surface area contributed by atoms with Crippen LogP contribution in [0.2, 0.25) is 0 Å². The van der Waals surface area contributed by atoms with Gasteiger partial charge >= 0.3 is 5.97 Å². The molecule has 0 aliphatic rings. The molecule has 3 rings (SSSR count).